The van der Waals surface area contributed by atoms with E-state index in [2.05, 4.69) is 9.97 Å². The molecule has 0 spiro atoms. The van der Waals surface area contributed by atoms with Crippen LogP contribution >= 0.6 is 0 Å². The maximum absolute atomic E-state index is 13.4. The molecule has 0 saturated heterocycles. The first-order valence-electron chi connectivity index (χ1n) is 7.43. The molecule has 0 saturated carbocycles. The molecular formula is C18H17FN4O2. The molecule has 0 atom stereocenters. The van der Waals surface area contributed by atoms with E-state index in [9.17, 15) is 4.39 Å². The molecule has 1 heterocycles. The quantitative estimate of drug-likeness (QED) is 0.708. The fraction of sp³-hybridized carbons (Fsp3) is 0.111. The lowest BCUT2D eigenvalue weighted by Crippen LogP contribution is -2.01. The van der Waals surface area contributed by atoms with Crippen molar-refractivity contribution in [2.24, 2.45) is 0 Å². The molecule has 1 aromatic heterocycles. The lowest BCUT2D eigenvalue weighted by Gasteiger charge is -2.13. The summed E-state index contributed by atoms with van der Waals surface area (Å²) in [6.45, 7) is 0. The van der Waals surface area contributed by atoms with Gasteiger partial charge in [-0.1, -0.05) is 0 Å². The highest BCUT2D eigenvalue weighted by Crippen LogP contribution is 2.38. The number of nitrogens with two attached hydrogens (primary N) is 2. The molecule has 0 radical (unpaired) electrons. The van der Waals surface area contributed by atoms with Crippen molar-refractivity contribution >= 4 is 11.4 Å². The molecule has 6 nitrogen and oxygen atoms in total. The number of methoxy groups -OCH3 is 2. The Balaban J connectivity index is 2.16. The highest BCUT2D eigenvalue weighted by atomic mass is 19.1. The number of nitrogens with zero attached hydrogens (tertiary/aromatic N) is 2. The van der Waals surface area contributed by atoms with E-state index in [1.807, 2.05) is 0 Å². The van der Waals surface area contributed by atoms with Gasteiger partial charge in [-0.2, -0.15) is 0 Å². The number of hydrogen-bond acceptors (Lipinski definition) is 6. The summed E-state index contributed by atoms with van der Waals surface area (Å²) in [4.78, 5) is 8.51. The molecule has 0 aliphatic rings. The van der Waals surface area contributed by atoms with Gasteiger partial charge in [-0.25, -0.2) is 14.4 Å². The lowest BCUT2D eigenvalue weighted by molar-refractivity contribution is 0.413. The fourth-order valence-corrected chi connectivity index (χ4v) is 2.60. The Hall–Kier alpha value is -3.35. The molecule has 0 aliphatic carbocycles. The van der Waals surface area contributed by atoms with Crippen LogP contribution in [0.4, 0.5) is 15.8 Å². The number of aromatic nitrogens is 2. The SMILES string of the molecule is COc1cc(F)ccc1-c1cc(-c2c(N)ccc(OC)c2N)ncn1. The molecule has 3 rings (SSSR count). The summed E-state index contributed by atoms with van der Waals surface area (Å²) in [5.41, 5.74) is 15.4. The third-order valence-corrected chi connectivity index (χ3v) is 3.82. The van der Waals surface area contributed by atoms with E-state index in [4.69, 9.17) is 20.9 Å². The first kappa shape index (κ1) is 16.5. The number of benzene rings is 2. The van der Waals surface area contributed by atoms with E-state index >= 15 is 0 Å². The molecule has 7 heteroatoms. The van der Waals surface area contributed by atoms with Crippen LogP contribution in [0.25, 0.3) is 22.5 Å². The Morgan fingerprint density at radius 1 is 0.880 bits per heavy atom. The second-order valence-corrected chi connectivity index (χ2v) is 5.28. The van der Waals surface area contributed by atoms with Gasteiger partial charge in [-0.3, -0.25) is 0 Å². The minimum atomic E-state index is -0.392. The van der Waals surface area contributed by atoms with E-state index < -0.39 is 5.82 Å². The van der Waals surface area contributed by atoms with Gasteiger partial charge in [0.1, 0.15) is 23.6 Å². The summed E-state index contributed by atoms with van der Waals surface area (Å²) in [5, 5.41) is 0. The van der Waals surface area contributed by atoms with Crippen molar-refractivity contribution in [1.82, 2.24) is 9.97 Å². The Kier molecular flexibility index (Phi) is 4.38. The molecule has 0 amide bonds. The van der Waals surface area contributed by atoms with Crippen molar-refractivity contribution in [3.8, 4) is 34.0 Å². The molecule has 2 aromatic carbocycles. The highest BCUT2D eigenvalue weighted by molar-refractivity contribution is 5.89. The smallest absolute Gasteiger partial charge is 0.142 e. The normalized spacial score (nSPS) is 10.5. The van der Waals surface area contributed by atoms with Crippen molar-refractivity contribution in [2.45, 2.75) is 0 Å². The largest absolute Gasteiger partial charge is 0.496 e. The maximum Gasteiger partial charge on any atom is 0.142 e. The molecule has 3 aromatic rings. The van der Waals surface area contributed by atoms with Gasteiger partial charge in [0.15, 0.2) is 0 Å². The van der Waals surface area contributed by atoms with Gasteiger partial charge >= 0.3 is 0 Å². The first-order valence-corrected chi connectivity index (χ1v) is 7.43. The predicted molar refractivity (Wildman–Crippen MR) is 94.8 cm³/mol. The number of ether oxygens (including phenoxy) is 2. The van der Waals surface area contributed by atoms with E-state index in [1.54, 1.807) is 24.3 Å². The van der Waals surface area contributed by atoms with Gasteiger partial charge < -0.3 is 20.9 Å². The Morgan fingerprint density at radius 2 is 1.60 bits per heavy atom. The van der Waals surface area contributed by atoms with Gasteiger partial charge in [0.2, 0.25) is 0 Å². The van der Waals surface area contributed by atoms with Gasteiger partial charge in [0, 0.05) is 17.3 Å². The molecule has 0 bridgehead atoms. The second kappa shape index (κ2) is 6.64. The van der Waals surface area contributed by atoms with Crippen LogP contribution in [-0.4, -0.2) is 24.2 Å². The van der Waals surface area contributed by atoms with Crippen LogP contribution in [-0.2, 0) is 0 Å². The van der Waals surface area contributed by atoms with Crippen molar-refractivity contribution in [3.05, 3.63) is 48.5 Å². The topological polar surface area (TPSA) is 96.3 Å². The molecular weight excluding hydrogens is 323 g/mol. The number of hydrogen-bond donors (Lipinski definition) is 2. The average Bonchev–Trinajstić information content (AvgIpc) is 2.62. The van der Waals surface area contributed by atoms with Crippen LogP contribution in [0.1, 0.15) is 0 Å². The second-order valence-electron chi connectivity index (χ2n) is 5.28. The summed E-state index contributed by atoms with van der Waals surface area (Å²) in [5.74, 6) is 0.483. The monoisotopic (exact) mass is 340 g/mol. The molecule has 4 N–H and O–H groups in total. The van der Waals surface area contributed by atoms with Crippen LogP contribution in [0.2, 0.25) is 0 Å². The Labute approximate surface area is 144 Å². The molecule has 0 aliphatic heterocycles. The lowest BCUT2D eigenvalue weighted by atomic mass is 10.0. The number of rotatable bonds is 4. The van der Waals surface area contributed by atoms with Crippen molar-refractivity contribution < 1.29 is 13.9 Å². The van der Waals surface area contributed by atoms with Gasteiger partial charge in [-0.05, 0) is 30.3 Å². The number of halogens is 1. The fourth-order valence-electron chi connectivity index (χ4n) is 2.60. The van der Waals surface area contributed by atoms with Crippen LogP contribution in [0, 0.1) is 5.82 Å². The Morgan fingerprint density at radius 3 is 2.32 bits per heavy atom. The first-order chi connectivity index (χ1) is 12.0. The van der Waals surface area contributed by atoms with E-state index in [1.165, 1.54) is 32.7 Å². The van der Waals surface area contributed by atoms with Crippen LogP contribution in [0.15, 0.2) is 42.7 Å². The van der Waals surface area contributed by atoms with E-state index in [0.717, 1.165) is 0 Å². The standard InChI is InChI=1S/C18H17FN4O2/c1-24-15-6-5-12(20)17(18(15)21)14-8-13(22-9-23-14)11-4-3-10(19)7-16(11)25-2/h3-9H,20-21H2,1-2H3. The van der Waals surface area contributed by atoms with Gasteiger partial charge in [-0.15, -0.1) is 0 Å². The summed E-state index contributed by atoms with van der Waals surface area (Å²) in [6, 6.07) is 9.35. The molecule has 0 fully saturated rings. The predicted octanol–water partition coefficient (Wildman–Crippen LogP) is 3.13. The van der Waals surface area contributed by atoms with Crippen molar-refractivity contribution in [1.29, 1.82) is 0 Å². The van der Waals surface area contributed by atoms with Gasteiger partial charge in [0.05, 0.1) is 36.9 Å². The van der Waals surface area contributed by atoms with Crippen molar-refractivity contribution in [2.75, 3.05) is 25.7 Å². The number of anilines is 2. The zero-order valence-electron chi connectivity index (χ0n) is 13.8. The highest BCUT2D eigenvalue weighted by Gasteiger charge is 2.16. The van der Waals surface area contributed by atoms with E-state index in [-0.39, 0.29) is 0 Å². The van der Waals surface area contributed by atoms with Crippen LogP contribution < -0.4 is 20.9 Å². The maximum atomic E-state index is 13.4. The molecule has 0 unspecified atom stereocenters. The number of nitrogen functional groups attached to an aromatic ring is 2. The minimum absolute atomic E-state index is 0.372. The van der Waals surface area contributed by atoms with E-state index in [0.29, 0.717) is 45.4 Å². The summed E-state index contributed by atoms with van der Waals surface area (Å²) in [7, 11) is 3.00. The van der Waals surface area contributed by atoms with Crippen LogP contribution in [0.3, 0.4) is 0 Å². The van der Waals surface area contributed by atoms with Gasteiger partial charge in [0.25, 0.3) is 0 Å². The summed E-state index contributed by atoms with van der Waals surface area (Å²) >= 11 is 0. The molecule has 25 heavy (non-hydrogen) atoms. The summed E-state index contributed by atoms with van der Waals surface area (Å²) in [6.07, 6.45) is 1.39. The zero-order chi connectivity index (χ0) is 18.0. The zero-order valence-corrected chi connectivity index (χ0v) is 13.8. The summed E-state index contributed by atoms with van der Waals surface area (Å²) < 4.78 is 23.9. The third-order valence-electron chi connectivity index (χ3n) is 3.82. The third kappa shape index (κ3) is 3.03. The van der Waals surface area contributed by atoms with Crippen LogP contribution in [0.5, 0.6) is 11.5 Å². The molecule has 128 valence electrons. The average molecular weight is 340 g/mol. The minimum Gasteiger partial charge on any atom is -0.496 e. The Bertz CT molecular complexity index is 931. The van der Waals surface area contributed by atoms with Crippen molar-refractivity contribution in [3.63, 3.8) is 0 Å².